The molecule has 5 N–H and O–H groups in total. The van der Waals surface area contributed by atoms with Gasteiger partial charge in [0.25, 0.3) is 15.7 Å². The number of nitrogens with two attached hydrogens (primary N) is 2. The first kappa shape index (κ1) is 22.6. The van der Waals surface area contributed by atoms with Crippen LogP contribution in [-0.4, -0.2) is 42.7 Å². The first-order valence-electron chi connectivity index (χ1n) is 9.27. The molecule has 0 spiro atoms. The summed E-state index contributed by atoms with van der Waals surface area (Å²) in [4.78, 5) is 11.0. The van der Waals surface area contributed by atoms with E-state index in [2.05, 4.69) is 21.8 Å². The van der Waals surface area contributed by atoms with E-state index in [9.17, 15) is 31.6 Å². The molecule has 0 unspecified atom stereocenters. The molecule has 0 atom stereocenters. The van der Waals surface area contributed by atoms with Gasteiger partial charge in [-0.05, 0) is 24.3 Å². The lowest BCUT2D eigenvalue weighted by Gasteiger charge is -2.34. The first-order valence-corrected chi connectivity index (χ1v) is 10.8. The molecule has 0 saturated carbocycles. The molecule has 13 heteroatoms. The lowest BCUT2D eigenvalue weighted by molar-refractivity contribution is -0.667. The molecule has 1 aromatic heterocycles. The van der Waals surface area contributed by atoms with Crippen LogP contribution in [0, 0.1) is 11.3 Å². The van der Waals surface area contributed by atoms with Crippen LogP contribution in [0.3, 0.4) is 0 Å². The molecule has 1 aliphatic heterocycles. The number of hydrogen-bond donors (Lipinski definition) is 3. The molecule has 1 aliphatic rings. The fraction of sp³-hybridized carbons (Fsp3) is 0.389. The summed E-state index contributed by atoms with van der Waals surface area (Å²) in [5.74, 6) is -0.717. The summed E-state index contributed by atoms with van der Waals surface area (Å²) >= 11 is 0. The number of carbonyl (C=O) groups excluding carboxylic acids is 1. The number of aromatic nitrogens is 2. The lowest BCUT2D eigenvalue weighted by Crippen LogP contribution is -2.87. The number of carbonyl (C=O) groups is 1. The van der Waals surface area contributed by atoms with Crippen LogP contribution in [0.25, 0.3) is 0 Å². The van der Waals surface area contributed by atoms with E-state index in [1.807, 2.05) is 0 Å². The van der Waals surface area contributed by atoms with Crippen molar-refractivity contribution in [3.8, 4) is 6.07 Å². The highest BCUT2D eigenvalue weighted by molar-refractivity contribution is 7.92. The van der Waals surface area contributed by atoms with Crippen LogP contribution in [0.5, 0.6) is 0 Å². The topological polar surface area (TPSA) is 147 Å². The highest BCUT2D eigenvalue weighted by atomic mass is 32.2. The zero-order valence-electron chi connectivity index (χ0n) is 16.2. The Morgan fingerprint density at radius 1 is 1.29 bits per heavy atom. The number of anilines is 2. The van der Waals surface area contributed by atoms with Gasteiger partial charge in [-0.2, -0.15) is 23.5 Å². The van der Waals surface area contributed by atoms with E-state index in [4.69, 9.17) is 5.73 Å². The molecule has 1 saturated heterocycles. The lowest BCUT2D eigenvalue weighted by atomic mass is 9.86. The molecular weight excluding hydrogens is 437 g/mol. The van der Waals surface area contributed by atoms with Crippen LogP contribution in [0.1, 0.15) is 29.6 Å². The maximum atomic E-state index is 12.7. The van der Waals surface area contributed by atoms with E-state index >= 15 is 0 Å². The van der Waals surface area contributed by atoms with E-state index in [0.717, 1.165) is 37.4 Å². The monoisotopic (exact) mass is 457 g/mol. The van der Waals surface area contributed by atoms with Gasteiger partial charge in [-0.15, -0.1) is 0 Å². The predicted molar refractivity (Wildman–Crippen MR) is 103 cm³/mol. The molecule has 9 nitrogen and oxygen atoms in total. The van der Waals surface area contributed by atoms with Crippen LogP contribution in [0.4, 0.5) is 24.7 Å². The minimum atomic E-state index is -5.47. The number of quaternary nitrogens is 1. The minimum Gasteiger partial charge on any atom is -0.365 e. The summed E-state index contributed by atoms with van der Waals surface area (Å²) in [5, 5.41) is 18.6. The van der Waals surface area contributed by atoms with Gasteiger partial charge in [0.05, 0.1) is 36.0 Å². The smallest absolute Gasteiger partial charge is 0.365 e. The fourth-order valence-electron chi connectivity index (χ4n) is 3.52. The van der Waals surface area contributed by atoms with Crippen LogP contribution in [0.2, 0.25) is 0 Å². The largest absolute Gasteiger partial charge is 0.501 e. The normalized spacial score (nSPS) is 16.5. The molecule has 1 aromatic carbocycles. The van der Waals surface area contributed by atoms with Crippen molar-refractivity contribution in [3.05, 3.63) is 36.0 Å². The van der Waals surface area contributed by atoms with E-state index in [1.54, 1.807) is 4.68 Å². The average molecular weight is 457 g/mol. The number of nitrogens with zero attached hydrogens (tertiary/aromatic N) is 3. The van der Waals surface area contributed by atoms with Crippen molar-refractivity contribution in [2.24, 2.45) is 5.73 Å². The van der Waals surface area contributed by atoms with Crippen molar-refractivity contribution >= 4 is 27.2 Å². The Morgan fingerprint density at radius 3 is 2.42 bits per heavy atom. The molecule has 31 heavy (non-hydrogen) atoms. The zero-order chi connectivity index (χ0) is 22.9. The second-order valence-corrected chi connectivity index (χ2v) is 9.17. The number of nitrogens with one attached hydrogen (secondary N) is 1. The van der Waals surface area contributed by atoms with Gasteiger partial charge >= 0.3 is 5.51 Å². The number of hydrogen-bond acceptors (Lipinski definition) is 6. The standard InChI is InChI=1S/C18H19F3N6O3S/c19-18(20,21)31(29,30)13-3-1-12(2-4-13)25-16-14(15(23)28)11-27(26-16)17(5-8-22)6-9-24-10-7-17/h1-4,11,24H,5-7,9-10H2,(H2,23,28)(H,25,26)/p+1. The quantitative estimate of drug-likeness (QED) is 0.589. The molecule has 1 fully saturated rings. The Labute approximate surface area is 175 Å². The molecule has 2 heterocycles. The van der Waals surface area contributed by atoms with Crippen LogP contribution in [-0.2, 0) is 15.4 Å². The number of primary amides is 1. The van der Waals surface area contributed by atoms with Gasteiger partial charge in [0.1, 0.15) is 5.56 Å². The number of rotatable bonds is 6. The van der Waals surface area contributed by atoms with Gasteiger partial charge < -0.3 is 16.4 Å². The molecule has 0 bridgehead atoms. The summed E-state index contributed by atoms with van der Waals surface area (Å²) < 4.78 is 62.6. The Balaban J connectivity index is 1.93. The van der Waals surface area contributed by atoms with Gasteiger partial charge in [0.15, 0.2) is 5.82 Å². The second-order valence-electron chi connectivity index (χ2n) is 7.22. The third-order valence-corrected chi connectivity index (χ3v) is 6.74. The van der Waals surface area contributed by atoms with Crippen LogP contribution in [0.15, 0.2) is 35.4 Å². The highest BCUT2D eigenvalue weighted by Gasteiger charge is 2.46. The molecule has 0 radical (unpaired) electrons. The molecule has 1 amide bonds. The van der Waals surface area contributed by atoms with Crippen molar-refractivity contribution in [1.82, 2.24) is 9.78 Å². The van der Waals surface area contributed by atoms with E-state index in [0.29, 0.717) is 12.8 Å². The highest BCUT2D eigenvalue weighted by Crippen LogP contribution is 2.33. The van der Waals surface area contributed by atoms with Crippen molar-refractivity contribution in [3.63, 3.8) is 0 Å². The molecule has 166 valence electrons. The van der Waals surface area contributed by atoms with Gasteiger partial charge in [-0.3, -0.25) is 9.48 Å². The minimum absolute atomic E-state index is 0.0406. The van der Waals surface area contributed by atoms with Crippen LogP contribution < -0.4 is 16.4 Å². The first-order chi connectivity index (χ1) is 14.5. The van der Waals surface area contributed by atoms with Crippen molar-refractivity contribution in [2.45, 2.75) is 35.2 Å². The summed E-state index contributed by atoms with van der Waals surface area (Å²) in [6.07, 6.45) is 2.95. The molecule has 0 aliphatic carbocycles. The zero-order valence-corrected chi connectivity index (χ0v) is 17.0. The Morgan fingerprint density at radius 2 is 1.90 bits per heavy atom. The number of amides is 1. The van der Waals surface area contributed by atoms with Crippen molar-refractivity contribution in [1.29, 1.82) is 5.26 Å². The average Bonchev–Trinajstić information content (AvgIpc) is 3.13. The second kappa shape index (κ2) is 8.20. The Hall–Kier alpha value is -3.11. The number of sulfone groups is 1. The fourth-order valence-corrected chi connectivity index (χ4v) is 4.28. The summed E-state index contributed by atoms with van der Waals surface area (Å²) in [6.45, 7) is 1.57. The van der Waals surface area contributed by atoms with Gasteiger partial charge in [0.2, 0.25) is 0 Å². The molecular formula is C18H20F3N6O3S+. The van der Waals surface area contributed by atoms with Gasteiger partial charge in [-0.1, -0.05) is 0 Å². The third-order valence-electron chi connectivity index (χ3n) is 5.23. The Kier molecular flexibility index (Phi) is 5.97. The molecule has 3 rings (SSSR count). The van der Waals surface area contributed by atoms with E-state index in [-0.39, 0.29) is 23.5 Å². The maximum Gasteiger partial charge on any atom is 0.501 e. The number of halogens is 3. The van der Waals surface area contributed by atoms with Crippen molar-refractivity contribution in [2.75, 3.05) is 18.4 Å². The van der Waals surface area contributed by atoms with Gasteiger partial charge in [-0.25, -0.2) is 8.42 Å². The summed E-state index contributed by atoms with van der Waals surface area (Å²) in [7, 11) is -5.47. The molecule has 2 aromatic rings. The number of nitriles is 1. The van der Waals surface area contributed by atoms with Gasteiger partial charge in [0, 0.05) is 24.7 Å². The maximum absolute atomic E-state index is 12.7. The number of piperidine rings is 1. The van der Waals surface area contributed by atoms with E-state index in [1.165, 1.54) is 6.20 Å². The third kappa shape index (κ3) is 4.35. The summed E-state index contributed by atoms with van der Waals surface area (Å²) in [6, 6.07) is 6.02. The number of benzene rings is 1. The summed E-state index contributed by atoms with van der Waals surface area (Å²) in [5.41, 5.74) is -0.311. The Bertz CT molecular complexity index is 1110. The van der Waals surface area contributed by atoms with Crippen molar-refractivity contribution < 1.29 is 31.7 Å². The predicted octanol–water partition coefficient (Wildman–Crippen LogP) is 0.985. The number of alkyl halides is 3. The van der Waals surface area contributed by atoms with E-state index < -0.39 is 31.7 Å². The van der Waals surface area contributed by atoms with Crippen LogP contribution >= 0.6 is 0 Å². The SMILES string of the molecule is N#CCC1(n2cc(C(N)=O)c(Nc3ccc(S(=O)(=O)C(F)(F)F)cc3)n2)CC[NH2+]CC1.